The Morgan fingerprint density at radius 3 is 2.25 bits per heavy atom. The molecule has 0 saturated heterocycles. The molecule has 1 aliphatic rings. The summed E-state index contributed by atoms with van der Waals surface area (Å²) in [7, 11) is 1.33. The molecule has 0 N–H and O–H groups in total. The number of allylic oxidation sites excluding steroid dienone is 1. The van der Waals surface area contributed by atoms with Crippen LogP contribution in [0.15, 0.2) is 83.8 Å². The van der Waals surface area contributed by atoms with E-state index in [1.54, 1.807) is 36.0 Å². The molecule has 32 heavy (non-hydrogen) atoms. The maximum atomic E-state index is 12.9. The van der Waals surface area contributed by atoms with Gasteiger partial charge < -0.3 is 9.47 Å². The van der Waals surface area contributed by atoms with Gasteiger partial charge in [0.2, 0.25) is 0 Å². The van der Waals surface area contributed by atoms with E-state index < -0.39 is 11.9 Å². The van der Waals surface area contributed by atoms with Crippen molar-refractivity contribution < 1.29 is 19.1 Å². The van der Waals surface area contributed by atoms with Crippen LogP contribution in [0.3, 0.4) is 0 Å². The molecule has 0 radical (unpaired) electrons. The van der Waals surface area contributed by atoms with E-state index in [9.17, 15) is 9.59 Å². The summed E-state index contributed by atoms with van der Waals surface area (Å²) in [5.74, 6) is -0.503. The van der Waals surface area contributed by atoms with Gasteiger partial charge in [0.1, 0.15) is 5.75 Å². The van der Waals surface area contributed by atoms with E-state index in [1.807, 2.05) is 36.4 Å². The Labute approximate surface area is 192 Å². The average molecular weight is 445 g/mol. The first-order valence-corrected chi connectivity index (χ1v) is 11.2. The third kappa shape index (κ3) is 4.63. The number of hydrogen-bond acceptors (Lipinski definition) is 5. The van der Waals surface area contributed by atoms with Gasteiger partial charge in [0.15, 0.2) is 0 Å². The smallest absolute Gasteiger partial charge is 0.343 e. The summed E-state index contributed by atoms with van der Waals surface area (Å²) in [5, 5.41) is 0. The summed E-state index contributed by atoms with van der Waals surface area (Å²) < 4.78 is 10.2. The zero-order valence-electron chi connectivity index (χ0n) is 18.3. The Morgan fingerprint density at radius 2 is 1.56 bits per heavy atom. The van der Waals surface area contributed by atoms with E-state index in [4.69, 9.17) is 9.47 Å². The van der Waals surface area contributed by atoms with Crippen LogP contribution in [0.2, 0.25) is 0 Å². The fraction of sp³-hybridized carbons (Fsp3) is 0.185. The fourth-order valence-corrected chi connectivity index (χ4v) is 4.68. The minimum atomic E-state index is -0.439. The van der Waals surface area contributed by atoms with Crippen molar-refractivity contribution >= 4 is 28.6 Å². The molecule has 5 heteroatoms. The molecule has 4 nitrogen and oxygen atoms in total. The summed E-state index contributed by atoms with van der Waals surface area (Å²) >= 11 is 1.70. The maximum absolute atomic E-state index is 12.9. The molecule has 0 fully saturated rings. The van der Waals surface area contributed by atoms with Gasteiger partial charge in [-0.25, -0.2) is 9.59 Å². The summed E-state index contributed by atoms with van der Waals surface area (Å²) in [6.07, 6.45) is 3.19. The lowest BCUT2D eigenvalue weighted by Crippen LogP contribution is -2.22. The Balaban J connectivity index is 1.60. The van der Waals surface area contributed by atoms with Crippen LogP contribution < -0.4 is 4.74 Å². The predicted octanol–water partition coefficient (Wildman–Crippen LogP) is 6.51. The van der Waals surface area contributed by atoms with Crippen molar-refractivity contribution in [3.05, 3.63) is 101 Å². The molecule has 0 heterocycles. The molecule has 4 rings (SSSR count). The Morgan fingerprint density at radius 1 is 0.875 bits per heavy atom. The van der Waals surface area contributed by atoms with Gasteiger partial charge in [-0.05, 0) is 71.5 Å². The molecule has 0 atom stereocenters. The average Bonchev–Trinajstić information content (AvgIpc) is 2.81. The number of ether oxygens (including phenoxy) is 2. The largest absolute Gasteiger partial charge is 0.465 e. The van der Waals surface area contributed by atoms with Crippen molar-refractivity contribution in [1.82, 2.24) is 0 Å². The molecular weight excluding hydrogens is 420 g/mol. The lowest BCUT2D eigenvalue weighted by molar-refractivity contribution is 0.0600. The van der Waals surface area contributed by atoms with Crippen LogP contribution in [0, 0.1) is 0 Å². The molecule has 1 aliphatic carbocycles. The molecule has 0 bridgehead atoms. The molecule has 3 aromatic carbocycles. The highest BCUT2D eigenvalue weighted by Crippen LogP contribution is 2.45. The fourth-order valence-electron chi connectivity index (χ4n) is 3.69. The molecular formula is C27H24O4S. The van der Waals surface area contributed by atoms with Gasteiger partial charge in [-0.3, -0.25) is 0 Å². The Kier molecular flexibility index (Phi) is 6.19. The third-order valence-corrected chi connectivity index (χ3v) is 6.62. The number of methoxy groups -OCH3 is 1. The van der Waals surface area contributed by atoms with Gasteiger partial charge in [0, 0.05) is 9.80 Å². The van der Waals surface area contributed by atoms with Crippen LogP contribution in [-0.2, 0) is 10.2 Å². The van der Waals surface area contributed by atoms with Gasteiger partial charge in [0.05, 0.1) is 18.2 Å². The highest BCUT2D eigenvalue weighted by Gasteiger charge is 2.29. The van der Waals surface area contributed by atoms with E-state index in [2.05, 4.69) is 32.1 Å². The van der Waals surface area contributed by atoms with Crippen LogP contribution in [0.1, 0.15) is 52.1 Å². The van der Waals surface area contributed by atoms with Gasteiger partial charge in [-0.2, -0.15) is 0 Å². The summed E-state index contributed by atoms with van der Waals surface area (Å²) in [6, 6.07) is 22.3. The lowest BCUT2D eigenvalue weighted by Gasteiger charge is -2.32. The Bertz CT molecular complexity index is 1180. The molecule has 0 saturated carbocycles. The van der Waals surface area contributed by atoms with Gasteiger partial charge >= 0.3 is 11.9 Å². The van der Waals surface area contributed by atoms with Crippen molar-refractivity contribution in [3.8, 4) is 5.75 Å². The second-order valence-corrected chi connectivity index (χ2v) is 9.35. The molecule has 0 aromatic heterocycles. The number of carbonyl (C=O) groups is 2. The van der Waals surface area contributed by atoms with E-state index in [0.717, 1.165) is 21.8 Å². The van der Waals surface area contributed by atoms with Crippen LogP contribution in [0.25, 0.3) is 4.91 Å². The van der Waals surface area contributed by atoms with Crippen molar-refractivity contribution in [3.63, 3.8) is 0 Å². The normalized spacial score (nSPS) is 14.2. The van der Waals surface area contributed by atoms with Crippen LogP contribution in [0.4, 0.5) is 0 Å². The topological polar surface area (TPSA) is 52.6 Å². The summed E-state index contributed by atoms with van der Waals surface area (Å²) in [5.41, 5.74) is 3.15. The SMILES string of the molecule is COC(=O)c1ccc(OC(=O)c2ccc3c(c2)C(Sc2ccccc2)=CCC3(C)C)cc1. The molecule has 0 aliphatic heterocycles. The first-order chi connectivity index (χ1) is 15.4. The highest BCUT2D eigenvalue weighted by atomic mass is 32.2. The van der Waals surface area contributed by atoms with Gasteiger partial charge in [-0.15, -0.1) is 0 Å². The van der Waals surface area contributed by atoms with E-state index in [-0.39, 0.29) is 5.41 Å². The number of rotatable bonds is 5. The zero-order chi connectivity index (χ0) is 22.7. The second-order valence-electron chi connectivity index (χ2n) is 8.24. The van der Waals surface area contributed by atoms with Crippen molar-refractivity contribution in [2.24, 2.45) is 0 Å². The van der Waals surface area contributed by atoms with Gasteiger partial charge in [-0.1, -0.05) is 56.0 Å². The second kappa shape index (κ2) is 9.05. The zero-order valence-corrected chi connectivity index (χ0v) is 19.1. The molecule has 0 amide bonds. The number of hydrogen-bond donors (Lipinski definition) is 0. The summed E-state index contributed by atoms with van der Waals surface area (Å²) in [4.78, 5) is 26.7. The van der Waals surface area contributed by atoms with E-state index in [0.29, 0.717) is 16.9 Å². The first-order valence-electron chi connectivity index (χ1n) is 10.4. The number of thioether (sulfide) groups is 1. The van der Waals surface area contributed by atoms with E-state index in [1.165, 1.54) is 12.7 Å². The number of benzene rings is 3. The van der Waals surface area contributed by atoms with Crippen LogP contribution >= 0.6 is 11.8 Å². The number of carbonyl (C=O) groups excluding carboxylic acids is 2. The lowest BCUT2D eigenvalue weighted by atomic mass is 9.75. The predicted molar refractivity (Wildman–Crippen MR) is 127 cm³/mol. The Hall–Kier alpha value is -3.31. The van der Waals surface area contributed by atoms with Crippen molar-refractivity contribution in [1.29, 1.82) is 0 Å². The minimum absolute atomic E-state index is 0.0117. The van der Waals surface area contributed by atoms with Crippen molar-refractivity contribution in [2.45, 2.75) is 30.6 Å². The van der Waals surface area contributed by atoms with Crippen LogP contribution in [0.5, 0.6) is 5.75 Å². The third-order valence-electron chi connectivity index (χ3n) is 5.50. The monoisotopic (exact) mass is 444 g/mol. The van der Waals surface area contributed by atoms with Gasteiger partial charge in [0.25, 0.3) is 0 Å². The van der Waals surface area contributed by atoms with Crippen LogP contribution in [-0.4, -0.2) is 19.0 Å². The molecule has 0 spiro atoms. The molecule has 0 unspecified atom stereocenters. The quantitative estimate of drug-likeness (QED) is 0.332. The number of esters is 2. The minimum Gasteiger partial charge on any atom is -0.465 e. The van der Waals surface area contributed by atoms with E-state index >= 15 is 0 Å². The van der Waals surface area contributed by atoms with Crippen molar-refractivity contribution in [2.75, 3.05) is 7.11 Å². The standard InChI is InChI=1S/C27H24O4S/c1-27(2)16-15-24(32-21-7-5-4-6-8-21)22-17-19(11-14-23(22)27)26(29)31-20-12-9-18(10-13-20)25(28)30-3/h4-15,17H,16H2,1-3H3. The molecule has 162 valence electrons. The highest BCUT2D eigenvalue weighted by molar-refractivity contribution is 8.08. The number of fused-ring (bicyclic) bond motifs is 1. The first kappa shape index (κ1) is 21.9. The maximum Gasteiger partial charge on any atom is 0.343 e. The summed E-state index contributed by atoms with van der Waals surface area (Å²) in [6.45, 7) is 4.43. The molecule has 3 aromatic rings.